The number of carbonyl (C=O) groups is 3. The summed E-state index contributed by atoms with van der Waals surface area (Å²) in [5, 5.41) is 0. The second kappa shape index (κ2) is 2.75. The van der Waals surface area contributed by atoms with Gasteiger partial charge in [0.1, 0.15) is 6.29 Å². The van der Waals surface area contributed by atoms with Crippen molar-refractivity contribution in [2.24, 2.45) is 29.6 Å². The summed E-state index contributed by atoms with van der Waals surface area (Å²) in [6.45, 7) is 0. The van der Waals surface area contributed by atoms with Crippen LogP contribution in [0.2, 0.25) is 0 Å². The highest BCUT2D eigenvalue weighted by atomic mass is 16.1. The van der Waals surface area contributed by atoms with E-state index in [4.69, 9.17) is 0 Å². The van der Waals surface area contributed by atoms with Crippen LogP contribution in [0.3, 0.4) is 0 Å². The number of fused-ring (bicyclic) bond motifs is 5. The minimum Gasteiger partial charge on any atom is -0.303 e. The van der Waals surface area contributed by atoms with E-state index in [-0.39, 0.29) is 41.2 Å². The Kier molecular flexibility index (Phi) is 1.61. The third kappa shape index (κ3) is 0.928. The van der Waals surface area contributed by atoms with Crippen LogP contribution in [0, 0.1) is 29.6 Å². The van der Waals surface area contributed by atoms with Crippen LogP contribution in [0.1, 0.15) is 0 Å². The lowest BCUT2D eigenvalue weighted by Gasteiger charge is -2.26. The van der Waals surface area contributed by atoms with Crippen LogP contribution >= 0.6 is 0 Å². The molecule has 4 unspecified atom stereocenters. The summed E-state index contributed by atoms with van der Waals surface area (Å²) in [6.07, 6.45) is 7.47. The van der Waals surface area contributed by atoms with E-state index in [0.29, 0.717) is 0 Å². The highest BCUT2D eigenvalue weighted by molar-refractivity contribution is 6.08. The van der Waals surface area contributed by atoms with E-state index in [1.165, 1.54) is 12.2 Å². The summed E-state index contributed by atoms with van der Waals surface area (Å²) in [5.74, 6) is -0.780. The molecule has 0 aromatic heterocycles. The van der Waals surface area contributed by atoms with Crippen molar-refractivity contribution in [2.45, 2.75) is 0 Å². The second-order valence-electron chi connectivity index (χ2n) is 4.44. The Morgan fingerprint density at radius 3 is 1.80 bits per heavy atom. The van der Waals surface area contributed by atoms with E-state index in [0.717, 1.165) is 6.29 Å². The largest absolute Gasteiger partial charge is 0.303 e. The van der Waals surface area contributed by atoms with Gasteiger partial charge in [0.05, 0.1) is 0 Å². The zero-order valence-corrected chi connectivity index (χ0v) is 8.00. The average molecular weight is 202 g/mol. The fourth-order valence-corrected chi connectivity index (χ4v) is 3.27. The van der Waals surface area contributed by atoms with Crippen molar-refractivity contribution in [2.75, 3.05) is 0 Å². The summed E-state index contributed by atoms with van der Waals surface area (Å²) >= 11 is 0. The molecule has 0 aromatic carbocycles. The lowest BCUT2D eigenvalue weighted by atomic mass is 9.75. The van der Waals surface area contributed by atoms with Crippen molar-refractivity contribution in [1.82, 2.24) is 0 Å². The van der Waals surface area contributed by atoms with Gasteiger partial charge in [-0.3, -0.25) is 9.59 Å². The van der Waals surface area contributed by atoms with Gasteiger partial charge < -0.3 is 4.79 Å². The zero-order chi connectivity index (χ0) is 10.6. The van der Waals surface area contributed by atoms with Crippen molar-refractivity contribution in [3.8, 4) is 0 Å². The second-order valence-corrected chi connectivity index (χ2v) is 4.44. The molecule has 1 fully saturated rings. The number of carbonyl (C=O) groups excluding carboxylic acids is 3. The Morgan fingerprint density at radius 1 is 0.933 bits per heavy atom. The molecule has 0 radical (unpaired) electrons. The molecular formula is C12H10O3. The molecule has 2 bridgehead atoms. The fraction of sp³-hybridized carbons (Fsp3) is 0.417. The van der Waals surface area contributed by atoms with Crippen molar-refractivity contribution in [3.05, 3.63) is 24.3 Å². The molecule has 0 heterocycles. The molecule has 0 saturated heterocycles. The Labute approximate surface area is 86.8 Å². The van der Waals surface area contributed by atoms with Gasteiger partial charge in [-0.15, -0.1) is 0 Å². The molecule has 0 amide bonds. The zero-order valence-electron chi connectivity index (χ0n) is 8.00. The van der Waals surface area contributed by atoms with Crippen LogP contribution in [0.15, 0.2) is 24.3 Å². The number of allylic oxidation sites excluding steroid dienone is 4. The van der Waals surface area contributed by atoms with Crippen molar-refractivity contribution in [3.63, 3.8) is 0 Å². The van der Waals surface area contributed by atoms with Crippen LogP contribution in [0.4, 0.5) is 0 Å². The molecule has 0 N–H and O–H groups in total. The molecule has 3 heteroatoms. The van der Waals surface area contributed by atoms with E-state index in [2.05, 4.69) is 0 Å². The standard InChI is InChI=1S/C12H10O3/c13-5-8-6-1-2-7(8)12-10(15)4-3-9(14)11(6)12/h1-8,11-12H. The van der Waals surface area contributed by atoms with Gasteiger partial charge in [-0.25, -0.2) is 0 Å². The maximum Gasteiger partial charge on any atom is 0.160 e. The molecule has 0 aromatic rings. The Morgan fingerprint density at radius 2 is 1.40 bits per heavy atom. The summed E-state index contributed by atoms with van der Waals surface area (Å²) in [5.41, 5.74) is 0. The van der Waals surface area contributed by atoms with Crippen LogP contribution in [0.25, 0.3) is 0 Å². The lowest BCUT2D eigenvalue weighted by molar-refractivity contribution is -0.129. The van der Waals surface area contributed by atoms with Crippen LogP contribution in [0.5, 0.6) is 0 Å². The molecule has 3 aliphatic rings. The minimum absolute atomic E-state index is 0.00306. The third-order valence-electron chi connectivity index (χ3n) is 3.89. The van der Waals surface area contributed by atoms with Crippen LogP contribution in [-0.4, -0.2) is 17.9 Å². The maximum absolute atomic E-state index is 11.7. The fourth-order valence-electron chi connectivity index (χ4n) is 3.27. The maximum atomic E-state index is 11.7. The van der Waals surface area contributed by atoms with E-state index in [1.54, 1.807) is 0 Å². The first-order valence-corrected chi connectivity index (χ1v) is 5.13. The van der Waals surface area contributed by atoms with Crippen LogP contribution in [-0.2, 0) is 14.4 Å². The monoisotopic (exact) mass is 202 g/mol. The Balaban J connectivity index is 2.09. The van der Waals surface area contributed by atoms with Gasteiger partial charge in [0, 0.05) is 17.8 Å². The number of hydrogen-bond acceptors (Lipinski definition) is 3. The number of rotatable bonds is 1. The highest BCUT2D eigenvalue weighted by Crippen LogP contribution is 2.53. The Hall–Kier alpha value is -1.51. The van der Waals surface area contributed by atoms with E-state index in [1.807, 2.05) is 12.2 Å². The molecule has 0 aliphatic heterocycles. The van der Waals surface area contributed by atoms with Gasteiger partial charge in [-0.2, -0.15) is 0 Å². The quantitative estimate of drug-likeness (QED) is 0.461. The van der Waals surface area contributed by atoms with E-state index < -0.39 is 0 Å². The normalized spacial score (nSPS) is 46.0. The number of aldehydes is 1. The van der Waals surface area contributed by atoms with Crippen molar-refractivity contribution >= 4 is 17.9 Å². The molecule has 3 aliphatic carbocycles. The highest BCUT2D eigenvalue weighted by Gasteiger charge is 2.56. The minimum atomic E-state index is -0.271. The van der Waals surface area contributed by atoms with Crippen molar-refractivity contribution < 1.29 is 14.4 Å². The Bertz CT molecular complexity index is 385. The van der Waals surface area contributed by atoms with E-state index in [9.17, 15) is 14.4 Å². The summed E-state index contributed by atoms with van der Waals surface area (Å²) < 4.78 is 0. The number of ketones is 2. The first kappa shape index (κ1) is 8.77. The summed E-state index contributed by atoms with van der Waals surface area (Å²) in [7, 11) is 0. The first-order valence-electron chi connectivity index (χ1n) is 5.13. The predicted molar refractivity (Wildman–Crippen MR) is 51.8 cm³/mol. The average Bonchev–Trinajstić information content (AvgIpc) is 2.78. The van der Waals surface area contributed by atoms with Crippen molar-refractivity contribution in [1.29, 1.82) is 0 Å². The van der Waals surface area contributed by atoms with Gasteiger partial charge in [0.25, 0.3) is 0 Å². The third-order valence-corrected chi connectivity index (χ3v) is 3.89. The molecule has 3 nitrogen and oxygen atoms in total. The first-order chi connectivity index (χ1) is 7.24. The topological polar surface area (TPSA) is 51.2 Å². The number of hydrogen-bond donors (Lipinski definition) is 0. The lowest BCUT2D eigenvalue weighted by Crippen LogP contribution is -2.34. The molecular weight excluding hydrogens is 192 g/mol. The molecule has 0 spiro atoms. The van der Waals surface area contributed by atoms with Crippen LogP contribution < -0.4 is 0 Å². The van der Waals surface area contributed by atoms with E-state index >= 15 is 0 Å². The molecule has 76 valence electrons. The molecule has 4 atom stereocenters. The molecule has 3 rings (SSSR count). The van der Waals surface area contributed by atoms with Gasteiger partial charge in [-0.1, -0.05) is 12.2 Å². The van der Waals surface area contributed by atoms with Gasteiger partial charge in [0.15, 0.2) is 11.6 Å². The SMILES string of the molecule is O=CC1C2C=CC1C1C(=O)C=CC(=O)C21. The smallest absolute Gasteiger partial charge is 0.160 e. The summed E-state index contributed by atoms with van der Waals surface area (Å²) in [6, 6.07) is 0. The van der Waals surface area contributed by atoms with Gasteiger partial charge >= 0.3 is 0 Å². The summed E-state index contributed by atoms with van der Waals surface area (Å²) in [4.78, 5) is 34.3. The molecule has 1 saturated carbocycles. The molecule has 15 heavy (non-hydrogen) atoms. The van der Waals surface area contributed by atoms with Gasteiger partial charge in [-0.05, 0) is 24.0 Å². The predicted octanol–water partition coefficient (Wildman–Crippen LogP) is 0.558. The van der Waals surface area contributed by atoms with Gasteiger partial charge in [0.2, 0.25) is 0 Å².